The summed E-state index contributed by atoms with van der Waals surface area (Å²) in [5, 5.41) is 8.47. The second-order valence-corrected chi connectivity index (χ2v) is 7.92. The van der Waals surface area contributed by atoms with E-state index >= 15 is 0 Å². The molecule has 0 atom stereocenters. The van der Waals surface area contributed by atoms with Crippen molar-refractivity contribution in [2.24, 2.45) is 0 Å². The molecule has 3 aromatic rings. The van der Waals surface area contributed by atoms with E-state index in [0.717, 1.165) is 39.0 Å². The molecule has 5 nitrogen and oxygen atoms in total. The minimum Gasteiger partial charge on any atom is -0.326 e. The number of benzene rings is 1. The highest BCUT2D eigenvalue weighted by Gasteiger charge is 2.18. The summed E-state index contributed by atoms with van der Waals surface area (Å²) in [5.41, 5.74) is 6.91. The van der Waals surface area contributed by atoms with Crippen LogP contribution in [0.25, 0.3) is 5.13 Å². The molecule has 0 radical (unpaired) electrons. The van der Waals surface area contributed by atoms with E-state index in [9.17, 15) is 4.79 Å². The molecule has 2 aromatic heterocycles. The Morgan fingerprint density at radius 1 is 1.12 bits per heavy atom. The molecule has 0 unspecified atom stereocenters. The molecule has 136 valence electrons. The lowest BCUT2D eigenvalue weighted by molar-refractivity contribution is -0.115. The number of amides is 1. The lowest BCUT2D eigenvalue weighted by atomic mass is 10.1. The van der Waals surface area contributed by atoms with Crippen molar-refractivity contribution >= 4 is 22.9 Å². The molecule has 1 aromatic carbocycles. The molecule has 2 heterocycles. The van der Waals surface area contributed by atoms with Crippen LogP contribution in [0, 0.1) is 41.5 Å². The van der Waals surface area contributed by atoms with E-state index in [0.29, 0.717) is 6.42 Å². The van der Waals surface area contributed by atoms with Crippen molar-refractivity contribution in [3.8, 4) is 5.13 Å². The van der Waals surface area contributed by atoms with Gasteiger partial charge in [-0.2, -0.15) is 5.10 Å². The molecule has 0 fully saturated rings. The fourth-order valence-electron chi connectivity index (χ4n) is 2.97. The van der Waals surface area contributed by atoms with Gasteiger partial charge in [-0.3, -0.25) is 4.79 Å². The average molecular weight is 369 g/mol. The number of anilines is 1. The first kappa shape index (κ1) is 18.3. The van der Waals surface area contributed by atoms with E-state index in [4.69, 9.17) is 0 Å². The quantitative estimate of drug-likeness (QED) is 0.744. The number of rotatable bonds is 4. The second kappa shape index (κ2) is 7.03. The van der Waals surface area contributed by atoms with E-state index in [-0.39, 0.29) is 5.91 Å². The van der Waals surface area contributed by atoms with Crippen LogP contribution in [-0.2, 0) is 11.2 Å². The van der Waals surface area contributed by atoms with Crippen LogP contribution in [-0.4, -0.2) is 20.7 Å². The minimum absolute atomic E-state index is 0.0331. The van der Waals surface area contributed by atoms with Crippen LogP contribution in [0.1, 0.15) is 38.6 Å². The molecule has 0 aliphatic rings. The van der Waals surface area contributed by atoms with Gasteiger partial charge in [0.2, 0.25) is 11.0 Å². The van der Waals surface area contributed by atoms with Gasteiger partial charge in [-0.15, -0.1) is 0 Å². The summed E-state index contributed by atoms with van der Waals surface area (Å²) in [5.74, 6) is -0.0331. The van der Waals surface area contributed by atoms with Crippen molar-refractivity contribution in [2.75, 3.05) is 5.32 Å². The van der Waals surface area contributed by atoms with Crippen molar-refractivity contribution in [2.45, 2.75) is 48.0 Å². The standard InChI is InChI=1S/C20H24N4OS/c1-11-7-8-18(12(2)9-11)22-19(25)10-17-14(4)23-24(15(17)5)20-21-13(3)16(6)26-20/h7-9H,10H2,1-6H3,(H,22,25). The Morgan fingerprint density at radius 3 is 2.46 bits per heavy atom. The van der Waals surface area contributed by atoms with Crippen molar-refractivity contribution in [1.82, 2.24) is 14.8 Å². The van der Waals surface area contributed by atoms with Gasteiger partial charge in [0.15, 0.2) is 0 Å². The Balaban J connectivity index is 1.82. The highest BCUT2D eigenvalue weighted by molar-refractivity contribution is 7.14. The number of nitrogens with zero attached hydrogens (tertiary/aromatic N) is 3. The highest BCUT2D eigenvalue weighted by atomic mass is 32.1. The van der Waals surface area contributed by atoms with E-state index < -0.39 is 0 Å². The Hall–Kier alpha value is -2.47. The van der Waals surface area contributed by atoms with Crippen molar-refractivity contribution in [3.63, 3.8) is 0 Å². The average Bonchev–Trinajstić information content (AvgIpc) is 3.04. The molecule has 0 spiro atoms. The molecule has 3 rings (SSSR count). The highest BCUT2D eigenvalue weighted by Crippen LogP contribution is 2.24. The third kappa shape index (κ3) is 3.55. The zero-order valence-corrected chi connectivity index (χ0v) is 16.9. The molecule has 0 aliphatic carbocycles. The second-order valence-electron chi connectivity index (χ2n) is 6.74. The Labute approximate surface area is 158 Å². The van der Waals surface area contributed by atoms with E-state index in [1.54, 1.807) is 11.3 Å². The maximum atomic E-state index is 12.6. The zero-order valence-electron chi connectivity index (χ0n) is 16.1. The van der Waals surface area contributed by atoms with Gasteiger partial charge >= 0.3 is 0 Å². The number of thiazole rings is 1. The Bertz CT molecular complexity index is 965. The SMILES string of the molecule is Cc1ccc(NC(=O)Cc2c(C)nn(-c3nc(C)c(C)s3)c2C)c(C)c1. The molecule has 0 bridgehead atoms. The number of aryl methyl sites for hydroxylation is 5. The minimum atomic E-state index is -0.0331. The third-order valence-electron chi connectivity index (χ3n) is 4.63. The van der Waals surface area contributed by atoms with Crippen LogP contribution >= 0.6 is 11.3 Å². The maximum absolute atomic E-state index is 12.6. The van der Waals surface area contributed by atoms with Crippen LogP contribution in [0.2, 0.25) is 0 Å². The predicted molar refractivity (Wildman–Crippen MR) is 106 cm³/mol. The number of hydrogen-bond donors (Lipinski definition) is 1. The lowest BCUT2D eigenvalue weighted by Crippen LogP contribution is -2.16. The van der Waals surface area contributed by atoms with E-state index in [2.05, 4.69) is 28.4 Å². The summed E-state index contributed by atoms with van der Waals surface area (Å²) in [4.78, 5) is 18.3. The summed E-state index contributed by atoms with van der Waals surface area (Å²) in [7, 11) is 0. The van der Waals surface area contributed by atoms with E-state index in [1.165, 1.54) is 10.4 Å². The Morgan fingerprint density at radius 2 is 1.85 bits per heavy atom. The van der Waals surface area contributed by atoms with Gasteiger partial charge in [0.25, 0.3) is 0 Å². The molecule has 1 N–H and O–H groups in total. The van der Waals surface area contributed by atoms with Gasteiger partial charge in [0.1, 0.15) is 0 Å². The predicted octanol–water partition coefficient (Wildman–Crippen LogP) is 4.36. The fraction of sp³-hybridized carbons (Fsp3) is 0.350. The summed E-state index contributed by atoms with van der Waals surface area (Å²) in [6.45, 7) is 12.0. The number of carbonyl (C=O) groups is 1. The largest absolute Gasteiger partial charge is 0.326 e. The molecule has 6 heteroatoms. The first-order valence-corrected chi connectivity index (χ1v) is 9.44. The lowest BCUT2D eigenvalue weighted by Gasteiger charge is -2.09. The number of hydrogen-bond acceptors (Lipinski definition) is 4. The molecule has 0 saturated carbocycles. The molecule has 26 heavy (non-hydrogen) atoms. The third-order valence-corrected chi connectivity index (χ3v) is 5.68. The summed E-state index contributed by atoms with van der Waals surface area (Å²) >= 11 is 1.62. The van der Waals surface area contributed by atoms with Gasteiger partial charge in [0, 0.05) is 21.8 Å². The number of carbonyl (C=O) groups excluding carboxylic acids is 1. The van der Waals surface area contributed by atoms with Crippen molar-refractivity contribution in [3.05, 3.63) is 56.8 Å². The van der Waals surface area contributed by atoms with Crippen molar-refractivity contribution in [1.29, 1.82) is 0 Å². The van der Waals surface area contributed by atoms with Crippen LogP contribution in [0.15, 0.2) is 18.2 Å². The summed E-state index contributed by atoms with van der Waals surface area (Å²) in [6.07, 6.45) is 0.300. The summed E-state index contributed by atoms with van der Waals surface area (Å²) in [6, 6.07) is 6.02. The fourth-order valence-corrected chi connectivity index (χ4v) is 3.89. The van der Waals surface area contributed by atoms with Gasteiger partial charge in [0.05, 0.1) is 17.8 Å². The zero-order chi connectivity index (χ0) is 19.0. The molecular weight excluding hydrogens is 344 g/mol. The van der Waals surface area contributed by atoms with Gasteiger partial charge in [-0.25, -0.2) is 9.67 Å². The topological polar surface area (TPSA) is 59.8 Å². The summed E-state index contributed by atoms with van der Waals surface area (Å²) < 4.78 is 1.85. The molecule has 0 aliphatic heterocycles. The molecule has 1 amide bonds. The number of nitrogens with one attached hydrogen (secondary N) is 1. The van der Waals surface area contributed by atoms with Crippen LogP contribution < -0.4 is 5.32 Å². The van der Waals surface area contributed by atoms with Crippen molar-refractivity contribution < 1.29 is 4.79 Å². The maximum Gasteiger partial charge on any atom is 0.228 e. The molecular formula is C20H24N4OS. The first-order valence-electron chi connectivity index (χ1n) is 8.63. The molecule has 0 saturated heterocycles. The Kier molecular flexibility index (Phi) is 4.96. The number of aromatic nitrogens is 3. The van der Waals surface area contributed by atoms with Crippen LogP contribution in [0.3, 0.4) is 0 Å². The normalized spacial score (nSPS) is 11.0. The van der Waals surface area contributed by atoms with Gasteiger partial charge in [-0.1, -0.05) is 29.0 Å². The van der Waals surface area contributed by atoms with Gasteiger partial charge < -0.3 is 5.32 Å². The monoisotopic (exact) mass is 368 g/mol. The first-order chi connectivity index (χ1) is 12.3. The van der Waals surface area contributed by atoms with E-state index in [1.807, 2.05) is 51.4 Å². The van der Waals surface area contributed by atoms with Crippen LogP contribution in [0.5, 0.6) is 0 Å². The van der Waals surface area contributed by atoms with Crippen LogP contribution in [0.4, 0.5) is 5.69 Å². The van der Waals surface area contributed by atoms with Gasteiger partial charge in [-0.05, 0) is 53.2 Å². The smallest absolute Gasteiger partial charge is 0.228 e.